The number of carbonyl (C=O) groups is 2. The predicted molar refractivity (Wildman–Crippen MR) is 110 cm³/mol. The summed E-state index contributed by atoms with van der Waals surface area (Å²) < 4.78 is 18.2. The molecule has 0 atom stereocenters. The number of hydrogen-bond acceptors (Lipinski definition) is 6. The van der Waals surface area contributed by atoms with Crippen LogP contribution in [0.1, 0.15) is 10.6 Å². The van der Waals surface area contributed by atoms with Crippen LogP contribution >= 0.6 is 11.8 Å². The van der Waals surface area contributed by atoms with Crippen molar-refractivity contribution in [1.29, 1.82) is 0 Å². The van der Waals surface area contributed by atoms with Gasteiger partial charge < -0.3 is 4.42 Å². The summed E-state index contributed by atoms with van der Waals surface area (Å²) in [4.78, 5) is 23.9. The summed E-state index contributed by atoms with van der Waals surface area (Å²) in [6.07, 6.45) is 1.37. The van der Waals surface area contributed by atoms with Gasteiger partial charge in [-0.3, -0.25) is 20.4 Å². The Morgan fingerprint density at radius 2 is 1.70 bits per heavy atom. The first-order chi connectivity index (χ1) is 14.6. The maximum atomic E-state index is 13.2. The van der Waals surface area contributed by atoms with E-state index in [2.05, 4.69) is 21.0 Å². The monoisotopic (exact) mass is 422 g/mol. The summed E-state index contributed by atoms with van der Waals surface area (Å²) in [5, 5.41) is 10.8. The number of amides is 2. The number of halogens is 1. The molecule has 2 aromatic heterocycles. The Bertz CT molecular complexity index is 1200. The molecule has 0 bridgehead atoms. The van der Waals surface area contributed by atoms with Crippen LogP contribution in [0.25, 0.3) is 22.0 Å². The van der Waals surface area contributed by atoms with Crippen molar-refractivity contribution >= 4 is 34.3 Å². The van der Waals surface area contributed by atoms with Crippen LogP contribution in [-0.2, 0) is 4.79 Å². The predicted octanol–water partition coefficient (Wildman–Crippen LogP) is 3.58. The topological polar surface area (TPSA) is 97.1 Å². The van der Waals surface area contributed by atoms with Crippen molar-refractivity contribution in [3.63, 3.8) is 0 Å². The summed E-state index contributed by atoms with van der Waals surface area (Å²) in [7, 11) is 0. The van der Waals surface area contributed by atoms with Gasteiger partial charge in [0, 0.05) is 16.3 Å². The number of carbonyl (C=O) groups excluding carboxylic acids is 2. The normalized spacial score (nSPS) is 10.7. The molecule has 0 spiro atoms. The summed E-state index contributed by atoms with van der Waals surface area (Å²) in [5.41, 5.74) is 5.98. The molecule has 2 aromatic carbocycles. The summed E-state index contributed by atoms with van der Waals surface area (Å²) >= 11 is 1.19. The summed E-state index contributed by atoms with van der Waals surface area (Å²) in [5.74, 6) is -1.17. The fraction of sp³-hybridized carbons (Fsp3) is 0.0476. The van der Waals surface area contributed by atoms with Crippen molar-refractivity contribution in [1.82, 2.24) is 21.0 Å². The second-order valence-electron chi connectivity index (χ2n) is 6.17. The number of nitrogens with zero attached hydrogens (tertiary/aromatic N) is 2. The first-order valence-corrected chi connectivity index (χ1v) is 9.87. The van der Waals surface area contributed by atoms with E-state index in [-0.39, 0.29) is 17.3 Å². The highest BCUT2D eigenvalue weighted by Crippen LogP contribution is 2.31. The molecule has 0 aliphatic carbocycles. The molecular formula is C21H15FN4O3S. The van der Waals surface area contributed by atoms with Gasteiger partial charge in [0.2, 0.25) is 5.91 Å². The van der Waals surface area contributed by atoms with Crippen molar-refractivity contribution in [2.24, 2.45) is 0 Å². The van der Waals surface area contributed by atoms with Gasteiger partial charge in [-0.05, 0) is 36.4 Å². The smallest absolute Gasteiger partial charge is 0.305 e. The van der Waals surface area contributed by atoms with Crippen LogP contribution in [0.3, 0.4) is 0 Å². The first-order valence-electron chi connectivity index (χ1n) is 8.88. The van der Waals surface area contributed by atoms with E-state index in [1.165, 1.54) is 36.2 Å². The fourth-order valence-electron chi connectivity index (χ4n) is 2.77. The molecule has 0 unspecified atom stereocenters. The van der Waals surface area contributed by atoms with Crippen LogP contribution in [-0.4, -0.2) is 27.8 Å². The number of hydrogen-bond donors (Lipinski definition) is 2. The SMILES string of the molecule is O=C(CSc1nnc(-c2ccc(F)cc2)c2ccccc12)NNC(=O)c1ccco1. The third-order valence-electron chi connectivity index (χ3n) is 4.17. The second kappa shape index (κ2) is 8.75. The van der Waals surface area contributed by atoms with Crippen LogP contribution in [0.2, 0.25) is 0 Å². The lowest BCUT2D eigenvalue weighted by atomic mass is 10.1. The zero-order chi connectivity index (χ0) is 20.9. The zero-order valence-electron chi connectivity index (χ0n) is 15.5. The van der Waals surface area contributed by atoms with Crippen LogP contribution in [0.5, 0.6) is 0 Å². The molecule has 2 N–H and O–H groups in total. The van der Waals surface area contributed by atoms with E-state index in [0.717, 1.165) is 16.3 Å². The van der Waals surface area contributed by atoms with Gasteiger partial charge in [0.25, 0.3) is 0 Å². The molecule has 0 aliphatic heterocycles. The van der Waals surface area contributed by atoms with Crippen LogP contribution in [0.15, 0.2) is 76.4 Å². The van der Waals surface area contributed by atoms with Gasteiger partial charge in [-0.2, -0.15) is 0 Å². The lowest BCUT2D eigenvalue weighted by Crippen LogP contribution is -2.42. The molecule has 4 rings (SSSR count). The van der Waals surface area contributed by atoms with Gasteiger partial charge in [0.1, 0.15) is 16.5 Å². The van der Waals surface area contributed by atoms with Gasteiger partial charge in [0.05, 0.1) is 12.0 Å². The van der Waals surface area contributed by atoms with E-state index >= 15 is 0 Å². The Kier molecular flexibility index (Phi) is 5.71. The molecule has 0 aliphatic rings. The molecule has 4 aromatic rings. The van der Waals surface area contributed by atoms with E-state index in [1.807, 2.05) is 24.3 Å². The van der Waals surface area contributed by atoms with Gasteiger partial charge >= 0.3 is 5.91 Å². The summed E-state index contributed by atoms with van der Waals surface area (Å²) in [6.45, 7) is 0. The average Bonchev–Trinajstić information content (AvgIpc) is 3.31. The summed E-state index contributed by atoms with van der Waals surface area (Å²) in [6, 6.07) is 16.6. The van der Waals surface area contributed by atoms with E-state index in [0.29, 0.717) is 10.7 Å². The number of aromatic nitrogens is 2. The van der Waals surface area contributed by atoms with E-state index in [4.69, 9.17) is 4.42 Å². The van der Waals surface area contributed by atoms with E-state index < -0.39 is 11.8 Å². The van der Waals surface area contributed by atoms with Crippen molar-refractivity contribution in [3.8, 4) is 11.3 Å². The number of thioether (sulfide) groups is 1. The molecule has 0 fully saturated rings. The van der Waals surface area contributed by atoms with E-state index in [1.54, 1.807) is 18.2 Å². The third-order valence-corrected chi connectivity index (χ3v) is 5.15. The molecule has 0 saturated carbocycles. The highest BCUT2D eigenvalue weighted by molar-refractivity contribution is 8.00. The Balaban J connectivity index is 1.47. The van der Waals surface area contributed by atoms with Crippen molar-refractivity contribution in [3.05, 3.63) is 78.5 Å². The molecule has 9 heteroatoms. The fourth-order valence-corrected chi connectivity index (χ4v) is 3.54. The minimum Gasteiger partial charge on any atom is -0.459 e. The van der Waals surface area contributed by atoms with Crippen LogP contribution in [0, 0.1) is 5.82 Å². The molecule has 150 valence electrons. The zero-order valence-corrected chi connectivity index (χ0v) is 16.3. The van der Waals surface area contributed by atoms with Gasteiger partial charge in [-0.15, -0.1) is 10.2 Å². The number of furan rings is 1. The first kappa shape index (κ1) is 19.6. The Morgan fingerprint density at radius 3 is 2.43 bits per heavy atom. The molecule has 2 heterocycles. The van der Waals surface area contributed by atoms with Crippen molar-refractivity contribution in [2.75, 3.05) is 5.75 Å². The maximum Gasteiger partial charge on any atom is 0.305 e. The number of benzene rings is 2. The van der Waals surface area contributed by atoms with Gasteiger partial charge in [-0.25, -0.2) is 4.39 Å². The molecular weight excluding hydrogens is 407 g/mol. The number of fused-ring (bicyclic) bond motifs is 1. The largest absolute Gasteiger partial charge is 0.459 e. The molecule has 2 amide bonds. The number of nitrogens with one attached hydrogen (secondary N) is 2. The minimum atomic E-state index is -0.549. The van der Waals surface area contributed by atoms with Crippen LogP contribution in [0.4, 0.5) is 4.39 Å². The highest BCUT2D eigenvalue weighted by atomic mass is 32.2. The number of hydrazine groups is 1. The maximum absolute atomic E-state index is 13.2. The molecule has 0 radical (unpaired) electrons. The van der Waals surface area contributed by atoms with Gasteiger partial charge in [0.15, 0.2) is 5.76 Å². The van der Waals surface area contributed by atoms with Crippen molar-refractivity contribution in [2.45, 2.75) is 5.03 Å². The quantitative estimate of drug-likeness (QED) is 0.377. The molecule has 7 nitrogen and oxygen atoms in total. The Labute approximate surface area is 174 Å². The van der Waals surface area contributed by atoms with Crippen molar-refractivity contribution < 1.29 is 18.4 Å². The Hall–Kier alpha value is -3.72. The molecule has 30 heavy (non-hydrogen) atoms. The average molecular weight is 422 g/mol. The number of rotatable bonds is 5. The second-order valence-corrected chi connectivity index (χ2v) is 7.14. The molecule has 0 saturated heterocycles. The minimum absolute atomic E-state index is 0.0208. The van der Waals surface area contributed by atoms with E-state index in [9.17, 15) is 14.0 Å². The third kappa shape index (κ3) is 4.31. The highest BCUT2D eigenvalue weighted by Gasteiger charge is 2.14. The standard InChI is InChI=1S/C21H15FN4O3S/c22-14-9-7-13(8-10-14)19-15-4-1-2-5-16(15)21(26-24-19)30-12-18(27)23-25-20(28)17-6-3-11-29-17/h1-11H,12H2,(H,23,27)(H,25,28). The van der Waals surface area contributed by atoms with Crippen LogP contribution < -0.4 is 10.9 Å². The Morgan fingerprint density at radius 1 is 0.933 bits per heavy atom. The van der Waals surface area contributed by atoms with Gasteiger partial charge in [-0.1, -0.05) is 36.0 Å². The lowest BCUT2D eigenvalue weighted by Gasteiger charge is -2.09. The lowest BCUT2D eigenvalue weighted by molar-refractivity contribution is -0.119.